The number of hydrogen-bond acceptors (Lipinski definition) is 4. The molecule has 1 heterocycles. The van der Waals surface area contributed by atoms with E-state index in [0.717, 1.165) is 25.9 Å². The van der Waals surface area contributed by atoms with Gasteiger partial charge in [-0.05, 0) is 45.7 Å². The lowest BCUT2D eigenvalue weighted by molar-refractivity contribution is 0.0144. The highest BCUT2D eigenvalue weighted by atomic mass is 32.2. The van der Waals surface area contributed by atoms with Crippen LogP contribution in [0.3, 0.4) is 0 Å². The zero-order valence-electron chi connectivity index (χ0n) is 11.2. The van der Waals surface area contributed by atoms with Crippen molar-refractivity contribution in [3.63, 3.8) is 0 Å². The predicted octanol–water partition coefficient (Wildman–Crippen LogP) is 2.93. The molecule has 0 aliphatic carbocycles. The van der Waals surface area contributed by atoms with Crippen LogP contribution in [-0.2, 0) is 8.92 Å². The first-order valence-electron chi connectivity index (χ1n) is 6.06. The van der Waals surface area contributed by atoms with Crippen molar-refractivity contribution < 1.29 is 13.7 Å². The van der Waals surface area contributed by atoms with Gasteiger partial charge in [0, 0.05) is 25.3 Å². The van der Waals surface area contributed by atoms with E-state index in [0.29, 0.717) is 12.5 Å². The summed E-state index contributed by atoms with van der Waals surface area (Å²) in [6.45, 7) is 7.93. The molecule has 1 fully saturated rings. The van der Waals surface area contributed by atoms with E-state index in [4.69, 9.17) is 8.92 Å². The van der Waals surface area contributed by atoms with Crippen LogP contribution in [0, 0.1) is 5.92 Å². The van der Waals surface area contributed by atoms with Gasteiger partial charge in [-0.3, -0.25) is 0 Å². The fourth-order valence-corrected chi connectivity index (χ4v) is 2.19. The molecule has 0 N–H and O–H groups in total. The number of nitrogens with zero attached hydrogens (tertiary/aromatic N) is 1. The minimum absolute atomic E-state index is 0.202. The molecular formula is C12H23NO3S. The third kappa shape index (κ3) is 5.64. The third-order valence-corrected chi connectivity index (χ3v) is 2.96. The average Bonchev–Trinajstić information content (AvgIpc) is 2.24. The van der Waals surface area contributed by atoms with Crippen LogP contribution in [-0.4, -0.2) is 42.5 Å². The van der Waals surface area contributed by atoms with E-state index in [1.165, 1.54) is 12.0 Å². The molecule has 0 bridgehead atoms. The Morgan fingerprint density at radius 3 is 2.76 bits per heavy atom. The SMILES string of the molecule is CSOCC1CCCN(C(=O)OC(C)(C)C)C1. The summed E-state index contributed by atoms with van der Waals surface area (Å²) in [5, 5.41) is 0. The van der Waals surface area contributed by atoms with Crippen LogP contribution in [0.1, 0.15) is 33.6 Å². The van der Waals surface area contributed by atoms with Gasteiger partial charge in [-0.1, -0.05) is 0 Å². The highest BCUT2D eigenvalue weighted by molar-refractivity contribution is 7.93. The molecular weight excluding hydrogens is 238 g/mol. The first-order valence-corrected chi connectivity index (χ1v) is 7.21. The Labute approximate surface area is 108 Å². The summed E-state index contributed by atoms with van der Waals surface area (Å²) in [6, 6.07) is 0. The minimum Gasteiger partial charge on any atom is -0.444 e. The Hall–Kier alpha value is -0.420. The smallest absolute Gasteiger partial charge is 0.410 e. The van der Waals surface area contributed by atoms with Crippen molar-refractivity contribution in [1.29, 1.82) is 0 Å². The molecule has 0 aromatic rings. The van der Waals surface area contributed by atoms with Crippen LogP contribution in [0.4, 0.5) is 4.79 Å². The summed E-state index contributed by atoms with van der Waals surface area (Å²) in [4.78, 5) is 13.7. The van der Waals surface area contributed by atoms with E-state index in [9.17, 15) is 4.79 Å². The molecule has 4 nitrogen and oxygen atoms in total. The number of likely N-dealkylation sites (tertiary alicyclic amines) is 1. The molecule has 1 atom stereocenters. The summed E-state index contributed by atoms with van der Waals surface area (Å²) in [5.41, 5.74) is -0.417. The molecule has 0 aromatic carbocycles. The summed E-state index contributed by atoms with van der Waals surface area (Å²) >= 11 is 1.38. The van der Waals surface area contributed by atoms with Crippen LogP contribution in [0.25, 0.3) is 0 Å². The number of carbonyl (C=O) groups excluding carboxylic acids is 1. The van der Waals surface area contributed by atoms with E-state index in [1.807, 2.05) is 27.0 Å². The molecule has 1 aliphatic rings. The highest BCUT2D eigenvalue weighted by Gasteiger charge is 2.27. The molecule has 0 saturated carbocycles. The molecule has 0 radical (unpaired) electrons. The summed E-state index contributed by atoms with van der Waals surface area (Å²) in [5.74, 6) is 0.434. The Morgan fingerprint density at radius 2 is 2.18 bits per heavy atom. The molecule has 1 aliphatic heterocycles. The molecule has 100 valence electrons. The van der Waals surface area contributed by atoms with Crippen molar-refractivity contribution in [1.82, 2.24) is 4.90 Å². The fourth-order valence-electron chi connectivity index (χ4n) is 1.86. The maximum atomic E-state index is 11.9. The molecule has 5 heteroatoms. The van der Waals surface area contributed by atoms with Gasteiger partial charge in [0.1, 0.15) is 5.60 Å². The first-order chi connectivity index (χ1) is 7.92. The molecule has 1 unspecified atom stereocenters. The van der Waals surface area contributed by atoms with Gasteiger partial charge >= 0.3 is 6.09 Å². The van der Waals surface area contributed by atoms with Crippen molar-refractivity contribution in [3.05, 3.63) is 0 Å². The minimum atomic E-state index is -0.417. The maximum Gasteiger partial charge on any atom is 0.410 e. The van der Waals surface area contributed by atoms with Crippen LogP contribution in [0.2, 0.25) is 0 Å². The van der Waals surface area contributed by atoms with Gasteiger partial charge < -0.3 is 13.8 Å². The molecule has 1 amide bonds. The first kappa shape index (κ1) is 14.6. The summed E-state index contributed by atoms with van der Waals surface area (Å²) in [6.07, 6.45) is 3.86. The molecule has 1 saturated heterocycles. The fraction of sp³-hybridized carbons (Fsp3) is 0.917. The van der Waals surface area contributed by atoms with Gasteiger partial charge in [0.25, 0.3) is 0 Å². The zero-order chi connectivity index (χ0) is 12.9. The zero-order valence-corrected chi connectivity index (χ0v) is 12.0. The van der Waals surface area contributed by atoms with Gasteiger partial charge in [-0.25, -0.2) is 4.79 Å². The average molecular weight is 261 g/mol. The second kappa shape index (κ2) is 6.50. The second-order valence-corrected chi connectivity index (χ2v) is 5.95. The maximum absolute atomic E-state index is 11.9. The van der Waals surface area contributed by atoms with E-state index >= 15 is 0 Å². The van der Waals surface area contributed by atoms with Crippen LogP contribution in [0.5, 0.6) is 0 Å². The van der Waals surface area contributed by atoms with Crippen molar-refractivity contribution in [2.45, 2.75) is 39.2 Å². The second-order valence-electron chi connectivity index (χ2n) is 5.39. The van der Waals surface area contributed by atoms with Crippen LogP contribution >= 0.6 is 12.0 Å². The van der Waals surface area contributed by atoms with E-state index in [1.54, 1.807) is 4.90 Å². The largest absolute Gasteiger partial charge is 0.444 e. The van der Waals surface area contributed by atoms with Gasteiger partial charge in [0.15, 0.2) is 0 Å². The predicted molar refractivity (Wildman–Crippen MR) is 70.0 cm³/mol. The number of carbonyl (C=O) groups is 1. The Bertz CT molecular complexity index is 253. The lowest BCUT2D eigenvalue weighted by Gasteiger charge is -2.33. The summed E-state index contributed by atoms with van der Waals surface area (Å²) in [7, 11) is 0. The van der Waals surface area contributed by atoms with Crippen LogP contribution in [0.15, 0.2) is 0 Å². The number of piperidine rings is 1. The van der Waals surface area contributed by atoms with Crippen molar-refractivity contribution in [3.8, 4) is 0 Å². The van der Waals surface area contributed by atoms with Gasteiger partial charge in [0.05, 0.1) is 6.61 Å². The Balaban J connectivity index is 2.40. The number of amides is 1. The van der Waals surface area contributed by atoms with Crippen molar-refractivity contribution >= 4 is 18.1 Å². The van der Waals surface area contributed by atoms with Crippen molar-refractivity contribution in [2.75, 3.05) is 26.0 Å². The molecule has 0 spiro atoms. The quantitative estimate of drug-likeness (QED) is 0.732. The number of hydrogen-bond donors (Lipinski definition) is 0. The number of rotatable bonds is 3. The monoisotopic (exact) mass is 261 g/mol. The van der Waals surface area contributed by atoms with Gasteiger partial charge in [-0.15, -0.1) is 0 Å². The third-order valence-electron chi connectivity index (χ3n) is 2.59. The Kier molecular flexibility index (Phi) is 5.59. The topological polar surface area (TPSA) is 38.8 Å². The standard InChI is InChI=1S/C12H23NO3S/c1-12(2,3)16-11(14)13-7-5-6-10(8-13)9-15-17-4/h10H,5-9H2,1-4H3. The highest BCUT2D eigenvalue weighted by Crippen LogP contribution is 2.20. The lowest BCUT2D eigenvalue weighted by Crippen LogP contribution is -2.43. The van der Waals surface area contributed by atoms with Gasteiger partial charge in [-0.2, -0.15) is 0 Å². The van der Waals surface area contributed by atoms with E-state index < -0.39 is 5.60 Å². The van der Waals surface area contributed by atoms with E-state index in [2.05, 4.69) is 0 Å². The van der Waals surface area contributed by atoms with E-state index in [-0.39, 0.29) is 6.09 Å². The van der Waals surface area contributed by atoms with Crippen LogP contribution < -0.4 is 0 Å². The molecule has 0 aromatic heterocycles. The normalized spacial score (nSPS) is 21.4. The summed E-state index contributed by atoms with van der Waals surface area (Å²) < 4.78 is 10.7. The molecule has 1 rings (SSSR count). The van der Waals surface area contributed by atoms with Gasteiger partial charge in [0.2, 0.25) is 0 Å². The molecule has 17 heavy (non-hydrogen) atoms. The Morgan fingerprint density at radius 1 is 1.47 bits per heavy atom. The lowest BCUT2D eigenvalue weighted by atomic mass is 9.99. The number of ether oxygens (including phenoxy) is 1. The van der Waals surface area contributed by atoms with Crippen molar-refractivity contribution in [2.24, 2.45) is 5.92 Å².